The molecular weight excluding hydrogens is 472 g/mol. The van der Waals surface area contributed by atoms with Crippen LogP contribution in [0.3, 0.4) is 0 Å². The van der Waals surface area contributed by atoms with E-state index < -0.39 is 10.0 Å². The van der Waals surface area contributed by atoms with Crippen molar-refractivity contribution in [1.82, 2.24) is 19.9 Å². The monoisotopic (exact) mass is 494 g/mol. The van der Waals surface area contributed by atoms with Crippen molar-refractivity contribution in [2.24, 2.45) is 0 Å². The highest BCUT2D eigenvalue weighted by Gasteiger charge is 2.16. The van der Waals surface area contributed by atoms with Crippen LogP contribution in [-0.4, -0.2) is 40.0 Å². The molecule has 0 saturated heterocycles. The third-order valence-electron chi connectivity index (χ3n) is 4.76. The Balaban J connectivity index is 1.38. The van der Waals surface area contributed by atoms with E-state index in [1.165, 1.54) is 36.0 Å². The van der Waals surface area contributed by atoms with Gasteiger partial charge in [-0.25, -0.2) is 28.4 Å². The Morgan fingerprint density at radius 3 is 2.41 bits per heavy atom. The SMILES string of the molecule is Cc1cc(NS(=O)(=O)c2ccc(NC(=O)CSc3nc(C)c4ccccc4n3)cc2)nc(C)n1. The molecular formula is C23H22N6O3S2. The Labute approximate surface area is 201 Å². The van der Waals surface area contributed by atoms with Crippen LogP contribution in [0.4, 0.5) is 11.5 Å². The van der Waals surface area contributed by atoms with Crippen LogP contribution in [-0.2, 0) is 14.8 Å². The topological polar surface area (TPSA) is 127 Å². The van der Waals surface area contributed by atoms with E-state index in [2.05, 4.69) is 30.0 Å². The van der Waals surface area contributed by atoms with Gasteiger partial charge in [-0.3, -0.25) is 9.52 Å². The third-order valence-corrected chi connectivity index (χ3v) is 6.98. The van der Waals surface area contributed by atoms with Crippen LogP contribution in [0.1, 0.15) is 17.2 Å². The number of benzene rings is 2. The van der Waals surface area contributed by atoms with Crippen molar-refractivity contribution in [3.8, 4) is 0 Å². The van der Waals surface area contributed by atoms with Gasteiger partial charge in [-0.1, -0.05) is 30.0 Å². The Bertz CT molecular complexity index is 1450. The van der Waals surface area contributed by atoms with Crippen molar-refractivity contribution >= 4 is 50.1 Å². The zero-order valence-electron chi connectivity index (χ0n) is 18.7. The second-order valence-corrected chi connectivity index (χ2v) is 10.1. The molecule has 11 heteroatoms. The fourth-order valence-corrected chi connectivity index (χ4v) is 4.97. The number of carbonyl (C=O) groups is 1. The van der Waals surface area contributed by atoms with Gasteiger partial charge in [0.05, 0.1) is 16.2 Å². The first-order valence-corrected chi connectivity index (χ1v) is 12.8. The van der Waals surface area contributed by atoms with E-state index in [0.29, 0.717) is 22.4 Å². The fraction of sp³-hybridized carbons (Fsp3) is 0.174. The second-order valence-electron chi connectivity index (χ2n) is 7.52. The maximum atomic E-state index is 12.7. The lowest BCUT2D eigenvalue weighted by Crippen LogP contribution is -2.16. The summed E-state index contributed by atoms with van der Waals surface area (Å²) in [6.07, 6.45) is 0. The predicted octanol–water partition coefficient (Wildman–Crippen LogP) is 3.88. The van der Waals surface area contributed by atoms with E-state index >= 15 is 0 Å². The molecule has 0 unspecified atom stereocenters. The van der Waals surface area contributed by atoms with E-state index in [1.807, 2.05) is 31.2 Å². The maximum Gasteiger partial charge on any atom is 0.263 e. The van der Waals surface area contributed by atoms with Crippen LogP contribution >= 0.6 is 11.8 Å². The number of rotatable bonds is 7. The van der Waals surface area contributed by atoms with Crippen molar-refractivity contribution in [1.29, 1.82) is 0 Å². The molecule has 2 N–H and O–H groups in total. The molecule has 0 aliphatic heterocycles. The number of amides is 1. The minimum Gasteiger partial charge on any atom is -0.325 e. The lowest BCUT2D eigenvalue weighted by atomic mass is 10.2. The van der Waals surface area contributed by atoms with Gasteiger partial charge < -0.3 is 5.32 Å². The standard InChI is InChI=1S/C23H22N6O3S2/c1-14-12-21(26-16(3)24-14)29-34(31,32)18-10-8-17(9-11-18)27-22(30)13-33-23-25-15(2)19-6-4-5-7-20(19)28-23/h4-12H,13H2,1-3H3,(H,27,30)(H,24,26,29). The molecule has 174 valence electrons. The summed E-state index contributed by atoms with van der Waals surface area (Å²) >= 11 is 1.24. The van der Waals surface area contributed by atoms with Gasteiger partial charge in [-0.05, 0) is 51.1 Å². The summed E-state index contributed by atoms with van der Waals surface area (Å²) in [5, 5.41) is 4.26. The molecule has 34 heavy (non-hydrogen) atoms. The number of sulfonamides is 1. The average Bonchev–Trinajstić information content (AvgIpc) is 2.77. The molecule has 0 aliphatic carbocycles. The smallest absolute Gasteiger partial charge is 0.263 e. The molecule has 1 amide bonds. The molecule has 0 radical (unpaired) electrons. The van der Waals surface area contributed by atoms with Gasteiger partial charge in [-0.2, -0.15) is 0 Å². The number of aromatic nitrogens is 4. The van der Waals surface area contributed by atoms with Gasteiger partial charge in [0.25, 0.3) is 10.0 Å². The lowest BCUT2D eigenvalue weighted by molar-refractivity contribution is -0.113. The number of nitrogens with zero attached hydrogens (tertiary/aromatic N) is 4. The first kappa shape index (κ1) is 23.6. The minimum atomic E-state index is -3.83. The van der Waals surface area contributed by atoms with Gasteiger partial charge in [0.15, 0.2) is 5.16 Å². The van der Waals surface area contributed by atoms with Crippen LogP contribution in [0.2, 0.25) is 0 Å². The summed E-state index contributed by atoms with van der Waals surface area (Å²) in [6.45, 7) is 5.36. The lowest BCUT2D eigenvalue weighted by Gasteiger charge is -2.10. The van der Waals surface area contributed by atoms with E-state index in [-0.39, 0.29) is 22.4 Å². The normalized spacial score (nSPS) is 11.4. The number of hydrogen-bond acceptors (Lipinski definition) is 8. The number of carbonyl (C=O) groups excluding carboxylic acids is 1. The van der Waals surface area contributed by atoms with Crippen LogP contribution in [0.5, 0.6) is 0 Å². The molecule has 0 saturated carbocycles. The van der Waals surface area contributed by atoms with Gasteiger partial charge in [0.2, 0.25) is 5.91 Å². The molecule has 0 fully saturated rings. The third kappa shape index (κ3) is 5.67. The zero-order chi connectivity index (χ0) is 24.3. The van der Waals surface area contributed by atoms with Crippen LogP contribution in [0.15, 0.2) is 64.6 Å². The highest BCUT2D eigenvalue weighted by molar-refractivity contribution is 7.99. The summed E-state index contributed by atoms with van der Waals surface area (Å²) in [7, 11) is -3.83. The van der Waals surface area contributed by atoms with Gasteiger partial charge >= 0.3 is 0 Å². The molecule has 2 aromatic carbocycles. The highest BCUT2D eigenvalue weighted by Crippen LogP contribution is 2.21. The summed E-state index contributed by atoms with van der Waals surface area (Å²) in [5.41, 5.74) is 2.82. The number of para-hydroxylation sites is 1. The van der Waals surface area contributed by atoms with Crippen molar-refractivity contribution in [2.75, 3.05) is 15.8 Å². The van der Waals surface area contributed by atoms with Gasteiger partial charge in [-0.15, -0.1) is 0 Å². The van der Waals surface area contributed by atoms with Crippen molar-refractivity contribution in [2.45, 2.75) is 30.8 Å². The molecule has 0 spiro atoms. The summed E-state index contributed by atoms with van der Waals surface area (Å²) in [4.78, 5) is 29.6. The summed E-state index contributed by atoms with van der Waals surface area (Å²) < 4.78 is 27.8. The number of aryl methyl sites for hydroxylation is 3. The molecule has 4 rings (SSSR count). The number of nitrogens with one attached hydrogen (secondary N) is 2. The predicted molar refractivity (Wildman–Crippen MR) is 132 cm³/mol. The van der Waals surface area contributed by atoms with Crippen LogP contribution in [0.25, 0.3) is 10.9 Å². The second kappa shape index (κ2) is 9.74. The Kier molecular flexibility index (Phi) is 6.75. The fourth-order valence-electron chi connectivity index (χ4n) is 3.28. The molecule has 0 aliphatic rings. The largest absolute Gasteiger partial charge is 0.325 e. The van der Waals surface area contributed by atoms with Gasteiger partial charge in [0.1, 0.15) is 11.6 Å². The van der Waals surface area contributed by atoms with E-state index in [0.717, 1.165) is 16.6 Å². The zero-order valence-corrected chi connectivity index (χ0v) is 20.4. The highest BCUT2D eigenvalue weighted by atomic mass is 32.2. The van der Waals surface area contributed by atoms with E-state index in [9.17, 15) is 13.2 Å². The molecule has 4 aromatic rings. The first-order valence-electron chi connectivity index (χ1n) is 10.3. The minimum absolute atomic E-state index is 0.0498. The molecule has 0 bridgehead atoms. The van der Waals surface area contributed by atoms with E-state index in [1.54, 1.807) is 19.9 Å². The van der Waals surface area contributed by atoms with Crippen molar-refractivity contribution in [3.05, 3.63) is 71.8 Å². The number of thioether (sulfide) groups is 1. The van der Waals surface area contributed by atoms with Crippen LogP contribution in [0, 0.1) is 20.8 Å². The molecule has 0 atom stereocenters. The van der Waals surface area contributed by atoms with Crippen LogP contribution < -0.4 is 10.0 Å². The number of hydrogen-bond donors (Lipinski definition) is 2. The van der Waals surface area contributed by atoms with Crippen molar-refractivity contribution < 1.29 is 13.2 Å². The summed E-state index contributed by atoms with van der Waals surface area (Å²) in [6, 6.07) is 15.2. The van der Waals surface area contributed by atoms with E-state index in [4.69, 9.17) is 0 Å². The van der Waals surface area contributed by atoms with Gasteiger partial charge in [0, 0.05) is 28.5 Å². The first-order chi connectivity index (χ1) is 16.2. The number of anilines is 2. The maximum absolute atomic E-state index is 12.7. The Morgan fingerprint density at radius 1 is 0.941 bits per heavy atom. The van der Waals surface area contributed by atoms with Crippen molar-refractivity contribution in [3.63, 3.8) is 0 Å². The number of fused-ring (bicyclic) bond motifs is 1. The molecule has 9 nitrogen and oxygen atoms in total. The molecule has 2 aromatic heterocycles. The quantitative estimate of drug-likeness (QED) is 0.293. The Hall–Kier alpha value is -3.57. The summed E-state index contributed by atoms with van der Waals surface area (Å²) in [5.74, 6) is 0.537. The average molecular weight is 495 g/mol. The molecule has 2 heterocycles. The Morgan fingerprint density at radius 2 is 1.68 bits per heavy atom.